The molecular weight excluding hydrogens is 450 g/mol. The number of rotatable bonds is 6. The number of hydrogen-bond acceptors (Lipinski definition) is 3. The summed E-state index contributed by atoms with van der Waals surface area (Å²) < 4.78 is 6.90. The third-order valence-electron chi connectivity index (χ3n) is 5.88. The van der Waals surface area contributed by atoms with Crippen molar-refractivity contribution in [2.75, 3.05) is 7.11 Å². The van der Waals surface area contributed by atoms with Crippen molar-refractivity contribution in [1.82, 2.24) is 10.7 Å². The second-order valence-electron chi connectivity index (χ2n) is 8.51. The first-order valence-electron chi connectivity index (χ1n) is 11.1. The maximum absolute atomic E-state index is 13.0. The summed E-state index contributed by atoms with van der Waals surface area (Å²) in [5.74, 6) is 0.445. The van der Waals surface area contributed by atoms with Crippen LogP contribution in [0.1, 0.15) is 52.9 Å². The number of nitrogens with zero attached hydrogens (tertiary/aromatic N) is 1. The lowest BCUT2D eigenvalue weighted by Crippen LogP contribution is -2.42. The van der Waals surface area contributed by atoms with Gasteiger partial charge in [0.15, 0.2) is 6.04 Å². The number of halogens is 1. The van der Waals surface area contributed by atoms with Crippen molar-refractivity contribution in [2.45, 2.75) is 31.8 Å². The summed E-state index contributed by atoms with van der Waals surface area (Å²) in [5, 5.41) is 3.50. The molecule has 0 saturated carbocycles. The van der Waals surface area contributed by atoms with Gasteiger partial charge < -0.3 is 10.1 Å². The first-order valence-corrected chi connectivity index (χ1v) is 11.5. The predicted octanol–water partition coefficient (Wildman–Crippen LogP) is 4.49. The summed E-state index contributed by atoms with van der Waals surface area (Å²) in [6, 6.07) is 21.0. The second kappa shape index (κ2) is 10.1. The number of carbonyl (C=O) groups excluding carboxylic acids is 2. The van der Waals surface area contributed by atoms with Gasteiger partial charge in [-0.15, -0.1) is 10.1 Å². The summed E-state index contributed by atoms with van der Waals surface area (Å²) in [6.45, 7) is 4.29. The lowest BCUT2D eigenvalue weighted by atomic mass is 9.99. The van der Waals surface area contributed by atoms with Crippen LogP contribution in [0.4, 0.5) is 0 Å². The fourth-order valence-electron chi connectivity index (χ4n) is 3.93. The molecule has 2 atom stereocenters. The van der Waals surface area contributed by atoms with E-state index in [1.165, 1.54) is 5.56 Å². The van der Waals surface area contributed by atoms with E-state index in [0.717, 1.165) is 11.1 Å². The first kappa shape index (κ1) is 23.5. The molecule has 2 N–H and O–H groups in total. The lowest BCUT2D eigenvalue weighted by Gasteiger charge is -2.15. The van der Waals surface area contributed by atoms with Gasteiger partial charge in [0.05, 0.1) is 7.11 Å². The molecule has 1 saturated heterocycles. The smallest absolute Gasteiger partial charge is 0.304 e. The van der Waals surface area contributed by atoms with E-state index in [-0.39, 0.29) is 11.8 Å². The largest absolute Gasteiger partial charge is 0.497 e. The van der Waals surface area contributed by atoms with Crippen LogP contribution in [0.5, 0.6) is 5.75 Å². The summed E-state index contributed by atoms with van der Waals surface area (Å²) in [4.78, 5) is 26.0. The van der Waals surface area contributed by atoms with Crippen molar-refractivity contribution < 1.29 is 19.0 Å². The fraction of sp³-hybridized carbons (Fsp3) is 0.222. The maximum atomic E-state index is 13.0. The zero-order valence-electron chi connectivity index (χ0n) is 19.3. The molecule has 1 fully saturated rings. The maximum Gasteiger partial charge on any atom is 0.304 e. The number of ether oxygens (including phenoxy) is 1. The Balaban J connectivity index is 1.66. The average Bonchev–Trinajstić information content (AvgIpc) is 3.14. The van der Waals surface area contributed by atoms with Crippen LogP contribution in [0.2, 0.25) is 5.02 Å². The van der Waals surface area contributed by atoms with E-state index < -0.39 is 12.1 Å². The molecule has 6 nitrogen and oxygen atoms in total. The zero-order chi connectivity index (χ0) is 24.2. The van der Waals surface area contributed by atoms with Crippen molar-refractivity contribution in [1.29, 1.82) is 0 Å². The number of methoxy groups -OCH3 is 1. The molecule has 174 valence electrons. The highest BCUT2D eigenvalue weighted by molar-refractivity contribution is 6.30. The van der Waals surface area contributed by atoms with Gasteiger partial charge in [0.1, 0.15) is 5.75 Å². The van der Waals surface area contributed by atoms with E-state index in [4.69, 9.17) is 16.3 Å². The first-order chi connectivity index (χ1) is 16.4. The Bertz CT molecular complexity index is 1200. The Kier molecular flexibility index (Phi) is 6.98. The molecule has 0 unspecified atom stereocenters. The van der Waals surface area contributed by atoms with Crippen LogP contribution in [0.15, 0.2) is 72.8 Å². The summed E-state index contributed by atoms with van der Waals surface area (Å²) in [7, 11) is 1.57. The van der Waals surface area contributed by atoms with Crippen LogP contribution >= 0.6 is 11.6 Å². The molecule has 1 heterocycles. The molecule has 1 aliphatic rings. The van der Waals surface area contributed by atoms with Gasteiger partial charge in [-0.05, 0) is 60.0 Å². The van der Waals surface area contributed by atoms with E-state index in [0.29, 0.717) is 22.3 Å². The van der Waals surface area contributed by atoms with Crippen molar-refractivity contribution in [3.05, 3.63) is 100 Å². The van der Waals surface area contributed by atoms with Gasteiger partial charge in [0.2, 0.25) is 12.3 Å². The molecular formula is C27H27ClN3O3+. The SMILES string of the molecule is COc1ccc(C(=O)N[C@H]2C(=O)N/[N+](=C\c3ccc(C(C)C)cc3)[C@H]2c2ccc(Cl)cc2)cc1. The molecule has 34 heavy (non-hydrogen) atoms. The van der Waals surface area contributed by atoms with Crippen molar-refractivity contribution in [3.8, 4) is 5.75 Å². The molecule has 3 aromatic rings. The summed E-state index contributed by atoms with van der Waals surface area (Å²) >= 11 is 6.09. The molecule has 0 aromatic heterocycles. The second-order valence-corrected chi connectivity index (χ2v) is 8.95. The van der Waals surface area contributed by atoms with Crippen LogP contribution in [-0.2, 0) is 4.79 Å². The minimum absolute atomic E-state index is 0.295. The molecule has 0 bridgehead atoms. The van der Waals surface area contributed by atoms with Crippen molar-refractivity contribution in [2.24, 2.45) is 0 Å². The number of nitrogens with one attached hydrogen (secondary N) is 2. The van der Waals surface area contributed by atoms with Crippen LogP contribution in [0.25, 0.3) is 0 Å². The topological polar surface area (TPSA) is 70.4 Å². The van der Waals surface area contributed by atoms with E-state index in [1.807, 2.05) is 30.5 Å². The molecule has 4 rings (SSSR count). The summed E-state index contributed by atoms with van der Waals surface area (Å²) in [5.41, 5.74) is 6.36. The Morgan fingerprint density at radius 1 is 1.03 bits per heavy atom. The van der Waals surface area contributed by atoms with E-state index >= 15 is 0 Å². The molecule has 0 aliphatic carbocycles. The van der Waals surface area contributed by atoms with Crippen LogP contribution in [-0.4, -0.2) is 35.9 Å². The highest BCUT2D eigenvalue weighted by Gasteiger charge is 2.47. The number of hydrogen-bond donors (Lipinski definition) is 2. The minimum atomic E-state index is -0.804. The number of hydrazine groups is 1. The van der Waals surface area contributed by atoms with Crippen LogP contribution in [0.3, 0.4) is 0 Å². The molecule has 0 radical (unpaired) electrons. The van der Waals surface area contributed by atoms with Crippen LogP contribution in [0, 0.1) is 0 Å². The molecule has 3 aromatic carbocycles. The monoisotopic (exact) mass is 476 g/mol. The van der Waals surface area contributed by atoms with E-state index in [9.17, 15) is 9.59 Å². The van der Waals surface area contributed by atoms with Gasteiger partial charge >= 0.3 is 5.91 Å². The predicted molar refractivity (Wildman–Crippen MR) is 133 cm³/mol. The third-order valence-corrected chi connectivity index (χ3v) is 6.13. The fourth-order valence-corrected chi connectivity index (χ4v) is 4.06. The lowest BCUT2D eigenvalue weighted by molar-refractivity contribution is -0.596. The van der Waals surface area contributed by atoms with E-state index in [1.54, 1.807) is 48.2 Å². The van der Waals surface area contributed by atoms with Gasteiger partial charge in [-0.2, -0.15) is 0 Å². The number of amides is 2. The van der Waals surface area contributed by atoms with Gasteiger partial charge in [0, 0.05) is 21.7 Å². The third kappa shape index (κ3) is 5.13. The normalized spacial score (nSPS) is 18.7. The van der Waals surface area contributed by atoms with Gasteiger partial charge in [-0.25, -0.2) is 0 Å². The molecule has 0 spiro atoms. The Morgan fingerprint density at radius 2 is 1.68 bits per heavy atom. The van der Waals surface area contributed by atoms with Crippen molar-refractivity contribution >= 4 is 29.6 Å². The number of benzene rings is 3. The Hall–Kier alpha value is -3.64. The Labute approximate surface area is 204 Å². The Morgan fingerprint density at radius 3 is 2.26 bits per heavy atom. The minimum Gasteiger partial charge on any atom is -0.497 e. The highest BCUT2D eigenvalue weighted by Crippen LogP contribution is 2.27. The average molecular weight is 477 g/mol. The highest BCUT2D eigenvalue weighted by atomic mass is 35.5. The number of hydrazone groups is 1. The standard InChI is InChI=1S/C27H26ClN3O3/c1-17(2)19-6-4-18(5-7-19)16-31-25(20-8-12-22(28)13-9-20)24(27(33)30-31)29-26(32)21-10-14-23(34-3)15-11-21/h4-17,24-25H,1-3H3,(H-,29,30,32,33)/p+1/b31-16-/t24-,25+/m1/s1. The van der Waals surface area contributed by atoms with E-state index in [2.05, 4.69) is 36.7 Å². The molecule has 2 amide bonds. The van der Waals surface area contributed by atoms with Gasteiger partial charge in [-0.3, -0.25) is 9.59 Å². The zero-order valence-corrected chi connectivity index (χ0v) is 20.0. The van der Waals surface area contributed by atoms with Crippen LogP contribution < -0.4 is 15.5 Å². The van der Waals surface area contributed by atoms with Gasteiger partial charge in [0.25, 0.3) is 5.91 Å². The quantitative estimate of drug-likeness (QED) is 0.515. The van der Waals surface area contributed by atoms with Crippen molar-refractivity contribution in [3.63, 3.8) is 0 Å². The van der Waals surface area contributed by atoms with Gasteiger partial charge in [-0.1, -0.05) is 49.7 Å². The number of carbonyl (C=O) groups is 2. The molecule has 1 aliphatic heterocycles. The summed E-state index contributed by atoms with van der Waals surface area (Å²) in [6.07, 6.45) is 1.88. The molecule has 7 heteroatoms.